The minimum absolute atomic E-state index is 0.173. The van der Waals surface area contributed by atoms with Gasteiger partial charge in [0.25, 0.3) is 5.91 Å². The topological polar surface area (TPSA) is 84.5 Å². The highest BCUT2D eigenvalue weighted by atomic mass is 16.5. The molecule has 1 aromatic rings. The van der Waals surface area contributed by atoms with Crippen molar-refractivity contribution in [1.82, 2.24) is 5.32 Å². The summed E-state index contributed by atoms with van der Waals surface area (Å²) in [6, 6.07) is 8.25. The van der Waals surface area contributed by atoms with Crippen molar-refractivity contribution in [1.29, 1.82) is 0 Å². The van der Waals surface area contributed by atoms with E-state index in [1.54, 1.807) is 24.3 Å². The molecule has 1 saturated heterocycles. The number of hydrogen-bond donors (Lipinski definition) is 2. The van der Waals surface area contributed by atoms with Crippen molar-refractivity contribution in [2.24, 2.45) is 0 Å². The molecule has 0 unspecified atom stereocenters. The molecule has 0 spiro atoms. The SMILES string of the molecule is C[C@@H](OC(=O)[C@@H]1CCC(=O)N1)C(=O)Nc1ccccc1. The first-order valence-corrected chi connectivity index (χ1v) is 6.42. The van der Waals surface area contributed by atoms with E-state index < -0.39 is 24.0 Å². The summed E-state index contributed by atoms with van der Waals surface area (Å²) in [5.41, 5.74) is 0.634. The largest absolute Gasteiger partial charge is 0.451 e. The van der Waals surface area contributed by atoms with Crippen molar-refractivity contribution >= 4 is 23.5 Å². The molecule has 2 atom stereocenters. The summed E-state index contributed by atoms with van der Waals surface area (Å²) in [5, 5.41) is 5.15. The molecule has 106 valence electrons. The zero-order chi connectivity index (χ0) is 14.5. The van der Waals surface area contributed by atoms with Gasteiger partial charge in [-0.05, 0) is 25.5 Å². The lowest BCUT2D eigenvalue weighted by molar-refractivity contribution is -0.155. The Bertz CT molecular complexity index is 515. The Morgan fingerprint density at radius 2 is 2.05 bits per heavy atom. The molecule has 6 nitrogen and oxygen atoms in total. The third kappa shape index (κ3) is 3.57. The van der Waals surface area contributed by atoms with E-state index in [-0.39, 0.29) is 5.91 Å². The molecule has 2 rings (SSSR count). The van der Waals surface area contributed by atoms with Crippen LogP contribution in [0.2, 0.25) is 0 Å². The van der Waals surface area contributed by atoms with Crippen LogP contribution in [0.5, 0.6) is 0 Å². The van der Waals surface area contributed by atoms with E-state index in [1.807, 2.05) is 6.07 Å². The summed E-state index contributed by atoms with van der Waals surface area (Å²) in [7, 11) is 0. The minimum Gasteiger partial charge on any atom is -0.451 e. The molecule has 20 heavy (non-hydrogen) atoms. The van der Waals surface area contributed by atoms with Gasteiger partial charge in [0.15, 0.2) is 6.10 Å². The predicted octanol–water partition coefficient (Wildman–Crippen LogP) is 0.835. The fourth-order valence-electron chi connectivity index (χ4n) is 1.87. The lowest BCUT2D eigenvalue weighted by atomic mass is 10.2. The Morgan fingerprint density at radius 3 is 2.65 bits per heavy atom. The summed E-state index contributed by atoms with van der Waals surface area (Å²) in [6.45, 7) is 1.49. The fraction of sp³-hybridized carbons (Fsp3) is 0.357. The third-order valence-corrected chi connectivity index (χ3v) is 2.98. The second-order valence-electron chi connectivity index (χ2n) is 4.59. The monoisotopic (exact) mass is 276 g/mol. The van der Waals surface area contributed by atoms with Gasteiger partial charge in [0.05, 0.1) is 0 Å². The smallest absolute Gasteiger partial charge is 0.329 e. The van der Waals surface area contributed by atoms with Crippen LogP contribution < -0.4 is 10.6 Å². The number of carbonyl (C=O) groups is 3. The Balaban J connectivity index is 1.85. The molecular weight excluding hydrogens is 260 g/mol. The molecule has 0 bridgehead atoms. The molecule has 0 saturated carbocycles. The van der Waals surface area contributed by atoms with Gasteiger partial charge in [-0.25, -0.2) is 4.79 Å². The first-order valence-electron chi connectivity index (χ1n) is 6.42. The van der Waals surface area contributed by atoms with E-state index in [4.69, 9.17) is 4.74 Å². The van der Waals surface area contributed by atoms with Gasteiger partial charge < -0.3 is 15.4 Å². The summed E-state index contributed by atoms with van der Waals surface area (Å²) in [5.74, 6) is -1.16. The minimum atomic E-state index is -0.916. The fourth-order valence-corrected chi connectivity index (χ4v) is 1.87. The van der Waals surface area contributed by atoms with Gasteiger partial charge in [0, 0.05) is 12.1 Å². The quantitative estimate of drug-likeness (QED) is 0.798. The number of benzene rings is 1. The molecule has 0 aliphatic carbocycles. The van der Waals surface area contributed by atoms with E-state index >= 15 is 0 Å². The number of ether oxygens (including phenoxy) is 1. The average molecular weight is 276 g/mol. The Morgan fingerprint density at radius 1 is 1.35 bits per heavy atom. The number of para-hydroxylation sites is 1. The van der Waals surface area contributed by atoms with Gasteiger partial charge in [0.2, 0.25) is 5.91 Å². The number of anilines is 1. The van der Waals surface area contributed by atoms with Gasteiger partial charge in [-0.1, -0.05) is 18.2 Å². The van der Waals surface area contributed by atoms with E-state index in [2.05, 4.69) is 10.6 Å². The molecule has 1 aliphatic heterocycles. The van der Waals surface area contributed by atoms with E-state index in [0.29, 0.717) is 18.5 Å². The maximum atomic E-state index is 11.9. The molecular formula is C14H16N2O4. The Hall–Kier alpha value is -2.37. The van der Waals surface area contributed by atoms with Gasteiger partial charge in [-0.15, -0.1) is 0 Å². The number of rotatable bonds is 4. The maximum absolute atomic E-state index is 11.9. The maximum Gasteiger partial charge on any atom is 0.329 e. The van der Waals surface area contributed by atoms with E-state index in [1.165, 1.54) is 6.92 Å². The van der Waals surface area contributed by atoms with E-state index in [9.17, 15) is 14.4 Å². The number of carbonyl (C=O) groups excluding carboxylic acids is 3. The van der Waals surface area contributed by atoms with Crippen LogP contribution in [0.25, 0.3) is 0 Å². The normalized spacial score (nSPS) is 19.1. The van der Waals surface area contributed by atoms with Crippen LogP contribution in [-0.2, 0) is 19.1 Å². The van der Waals surface area contributed by atoms with Gasteiger partial charge in [-0.3, -0.25) is 9.59 Å². The molecule has 1 aliphatic rings. The molecule has 6 heteroatoms. The summed E-state index contributed by atoms with van der Waals surface area (Å²) < 4.78 is 5.05. The number of esters is 1. The lowest BCUT2D eigenvalue weighted by Crippen LogP contribution is -2.39. The summed E-state index contributed by atoms with van der Waals surface area (Å²) >= 11 is 0. The van der Waals surface area contributed by atoms with Crippen LogP contribution in [0.4, 0.5) is 5.69 Å². The summed E-state index contributed by atoms with van der Waals surface area (Å²) in [6.07, 6.45) is -0.199. The number of nitrogens with one attached hydrogen (secondary N) is 2. The highest BCUT2D eigenvalue weighted by Crippen LogP contribution is 2.11. The van der Waals surface area contributed by atoms with E-state index in [0.717, 1.165) is 0 Å². The second kappa shape index (κ2) is 6.18. The van der Waals surface area contributed by atoms with Crippen molar-refractivity contribution in [3.05, 3.63) is 30.3 Å². The molecule has 1 fully saturated rings. The Kier molecular flexibility index (Phi) is 4.34. The molecule has 2 N–H and O–H groups in total. The van der Waals surface area contributed by atoms with Crippen LogP contribution in [-0.4, -0.2) is 29.9 Å². The standard InChI is InChI=1S/C14H16N2O4/c1-9(13(18)15-10-5-3-2-4-6-10)20-14(19)11-7-8-12(17)16-11/h2-6,9,11H,7-8H2,1H3,(H,15,18)(H,16,17)/t9-,11+/m1/s1. The highest BCUT2D eigenvalue weighted by Gasteiger charge is 2.30. The zero-order valence-corrected chi connectivity index (χ0v) is 11.1. The average Bonchev–Trinajstić information content (AvgIpc) is 2.86. The van der Waals surface area contributed by atoms with Crippen LogP contribution >= 0.6 is 0 Å². The molecule has 0 radical (unpaired) electrons. The summed E-state index contributed by atoms with van der Waals surface area (Å²) in [4.78, 5) is 34.6. The predicted molar refractivity (Wildman–Crippen MR) is 71.8 cm³/mol. The van der Waals surface area contributed by atoms with Crippen molar-refractivity contribution in [3.8, 4) is 0 Å². The first kappa shape index (κ1) is 14.0. The van der Waals surface area contributed by atoms with Crippen molar-refractivity contribution in [2.75, 3.05) is 5.32 Å². The lowest BCUT2D eigenvalue weighted by Gasteiger charge is -2.16. The van der Waals surface area contributed by atoms with Crippen LogP contribution in [0.1, 0.15) is 19.8 Å². The third-order valence-electron chi connectivity index (χ3n) is 2.98. The van der Waals surface area contributed by atoms with Crippen molar-refractivity contribution in [2.45, 2.75) is 31.9 Å². The van der Waals surface area contributed by atoms with Gasteiger partial charge >= 0.3 is 5.97 Å². The number of hydrogen-bond acceptors (Lipinski definition) is 4. The molecule has 0 aromatic heterocycles. The van der Waals surface area contributed by atoms with Gasteiger partial charge in [0.1, 0.15) is 6.04 Å². The van der Waals surface area contributed by atoms with Crippen molar-refractivity contribution in [3.63, 3.8) is 0 Å². The first-order chi connectivity index (χ1) is 9.56. The van der Waals surface area contributed by atoms with Crippen LogP contribution in [0.15, 0.2) is 30.3 Å². The van der Waals surface area contributed by atoms with Crippen molar-refractivity contribution < 1.29 is 19.1 Å². The van der Waals surface area contributed by atoms with Crippen LogP contribution in [0, 0.1) is 0 Å². The second-order valence-corrected chi connectivity index (χ2v) is 4.59. The molecule has 1 heterocycles. The van der Waals surface area contributed by atoms with Crippen LogP contribution in [0.3, 0.4) is 0 Å². The zero-order valence-electron chi connectivity index (χ0n) is 11.1. The van der Waals surface area contributed by atoms with Gasteiger partial charge in [-0.2, -0.15) is 0 Å². The molecule has 2 amide bonds. The highest BCUT2D eigenvalue weighted by molar-refractivity contribution is 5.96. The molecule has 1 aromatic carbocycles. The Labute approximate surface area is 116 Å². The number of amides is 2.